The second kappa shape index (κ2) is 5.34. The predicted octanol–water partition coefficient (Wildman–Crippen LogP) is 3.21. The van der Waals surface area contributed by atoms with Crippen LogP contribution in [0.5, 0.6) is 11.5 Å². The molecule has 90 valence electrons. The Hall–Kier alpha value is -2.03. The molecule has 0 bridgehead atoms. The van der Waals surface area contributed by atoms with Gasteiger partial charge in [-0.3, -0.25) is 0 Å². The van der Waals surface area contributed by atoms with Crippen molar-refractivity contribution in [3.8, 4) is 11.5 Å². The number of benzene rings is 1. The third-order valence-corrected chi connectivity index (χ3v) is 2.21. The van der Waals surface area contributed by atoms with Gasteiger partial charge in [-0.1, -0.05) is 24.8 Å². The topological polar surface area (TPSA) is 35.5 Å². The number of allylic oxidation sites excluding steroid dienone is 1. The maximum absolute atomic E-state index is 11.4. The van der Waals surface area contributed by atoms with Gasteiger partial charge in [-0.15, -0.1) is 0 Å². The van der Waals surface area contributed by atoms with E-state index in [4.69, 9.17) is 9.47 Å². The Morgan fingerprint density at radius 1 is 1.18 bits per heavy atom. The van der Waals surface area contributed by atoms with Gasteiger partial charge in [0.2, 0.25) is 0 Å². The van der Waals surface area contributed by atoms with E-state index in [9.17, 15) is 4.79 Å². The highest BCUT2D eigenvalue weighted by atomic mass is 16.6. The van der Waals surface area contributed by atoms with E-state index in [1.165, 1.54) is 7.11 Å². The lowest BCUT2D eigenvalue weighted by molar-refractivity contribution is -0.130. The van der Waals surface area contributed by atoms with Crippen LogP contribution in [0.2, 0.25) is 0 Å². The molecule has 0 unspecified atom stereocenters. The fourth-order valence-corrected chi connectivity index (χ4v) is 1.20. The lowest BCUT2D eigenvalue weighted by atomic mass is 10.1. The monoisotopic (exact) mass is 232 g/mol. The van der Waals surface area contributed by atoms with E-state index in [2.05, 4.69) is 13.2 Å². The third-order valence-electron chi connectivity index (χ3n) is 2.21. The molecule has 0 amide bonds. The average Bonchev–Trinajstić information content (AvgIpc) is 2.28. The van der Waals surface area contributed by atoms with Gasteiger partial charge in [0.1, 0.15) is 0 Å². The minimum atomic E-state index is -0.466. The van der Waals surface area contributed by atoms with E-state index in [0.717, 1.165) is 11.1 Å². The quantitative estimate of drug-likeness (QED) is 0.454. The first kappa shape index (κ1) is 13.0. The molecule has 1 rings (SSSR count). The molecular formula is C14H16O3. The maximum atomic E-state index is 11.4. The average molecular weight is 232 g/mol. The van der Waals surface area contributed by atoms with Crippen molar-refractivity contribution in [3.05, 3.63) is 42.5 Å². The molecule has 0 spiro atoms. The first-order valence-corrected chi connectivity index (χ1v) is 5.17. The normalized spacial score (nSPS) is 9.59. The van der Waals surface area contributed by atoms with Gasteiger partial charge < -0.3 is 9.47 Å². The molecule has 17 heavy (non-hydrogen) atoms. The Balaban J connectivity index is 3.05. The zero-order valence-corrected chi connectivity index (χ0v) is 10.4. The van der Waals surface area contributed by atoms with Crippen molar-refractivity contribution < 1.29 is 14.3 Å². The Labute approximate surface area is 101 Å². The highest BCUT2D eigenvalue weighted by Crippen LogP contribution is 2.30. The predicted molar refractivity (Wildman–Crippen MR) is 68.2 cm³/mol. The van der Waals surface area contributed by atoms with Gasteiger partial charge >= 0.3 is 5.97 Å². The number of hydrogen-bond donors (Lipinski definition) is 0. The van der Waals surface area contributed by atoms with Crippen LogP contribution in [0.4, 0.5) is 0 Å². The molecule has 3 heteroatoms. The summed E-state index contributed by atoms with van der Waals surface area (Å²) in [7, 11) is 1.52. The molecule has 0 heterocycles. The van der Waals surface area contributed by atoms with Gasteiger partial charge in [0.05, 0.1) is 7.11 Å². The number of esters is 1. The summed E-state index contributed by atoms with van der Waals surface area (Å²) in [4.78, 5) is 11.4. The van der Waals surface area contributed by atoms with Crippen LogP contribution in [0.25, 0.3) is 5.57 Å². The smallest absolute Gasteiger partial charge is 0.338 e. The standard InChI is InChI=1S/C14H16O3/c1-9(2)11-6-7-12(13(8-11)16-5)17-14(15)10(3)4/h6-8H,1,3H2,2,4-5H3. The molecule has 3 nitrogen and oxygen atoms in total. The number of carbonyl (C=O) groups excluding carboxylic acids is 1. The number of hydrogen-bond acceptors (Lipinski definition) is 3. The lowest BCUT2D eigenvalue weighted by Crippen LogP contribution is -2.09. The van der Waals surface area contributed by atoms with Crippen LogP contribution in [0.15, 0.2) is 36.9 Å². The molecule has 0 atom stereocenters. The fourth-order valence-electron chi connectivity index (χ4n) is 1.20. The van der Waals surface area contributed by atoms with Gasteiger partial charge in [-0.25, -0.2) is 4.79 Å². The molecule has 0 N–H and O–H groups in total. The lowest BCUT2D eigenvalue weighted by Gasteiger charge is -2.10. The van der Waals surface area contributed by atoms with Crippen LogP contribution in [0, 0.1) is 0 Å². The number of rotatable bonds is 4. The summed E-state index contributed by atoms with van der Waals surface area (Å²) in [6, 6.07) is 5.29. The van der Waals surface area contributed by atoms with Crippen molar-refractivity contribution in [3.63, 3.8) is 0 Å². The van der Waals surface area contributed by atoms with E-state index in [1.807, 2.05) is 13.0 Å². The highest BCUT2D eigenvalue weighted by Gasteiger charge is 2.11. The zero-order valence-electron chi connectivity index (χ0n) is 10.4. The Bertz CT molecular complexity index is 472. The molecule has 0 aromatic heterocycles. The van der Waals surface area contributed by atoms with Crippen LogP contribution in [-0.2, 0) is 4.79 Å². The van der Waals surface area contributed by atoms with Crippen molar-refractivity contribution in [1.82, 2.24) is 0 Å². The largest absolute Gasteiger partial charge is 0.493 e. The van der Waals surface area contributed by atoms with Crippen molar-refractivity contribution in [2.45, 2.75) is 13.8 Å². The summed E-state index contributed by atoms with van der Waals surface area (Å²) < 4.78 is 10.3. The maximum Gasteiger partial charge on any atom is 0.338 e. The molecule has 0 fully saturated rings. The van der Waals surface area contributed by atoms with Crippen LogP contribution < -0.4 is 9.47 Å². The third kappa shape index (κ3) is 3.21. The molecule has 1 aromatic carbocycles. The summed E-state index contributed by atoms with van der Waals surface area (Å²) in [6.45, 7) is 10.9. The first-order valence-electron chi connectivity index (χ1n) is 5.17. The van der Waals surface area contributed by atoms with Gasteiger partial charge in [-0.05, 0) is 31.5 Å². The summed E-state index contributed by atoms with van der Waals surface area (Å²) >= 11 is 0. The van der Waals surface area contributed by atoms with E-state index in [1.54, 1.807) is 19.1 Å². The Morgan fingerprint density at radius 2 is 1.82 bits per heavy atom. The van der Waals surface area contributed by atoms with Gasteiger partial charge in [0, 0.05) is 5.57 Å². The molecule has 0 aliphatic carbocycles. The van der Waals surface area contributed by atoms with Gasteiger partial charge in [-0.2, -0.15) is 0 Å². The Kier molecular flexibility index (Phi) is 4.10. The van der Waals surface area contributed by atoms with Gasteiger partial charge in [0.25, 0.3) is 0 Å². The number of methoxy groups -OCH3 is 1. The second-order valence-electron chi connectivity index (χ2n) is 3.82. The molecule has 1 aromatic rings. The fraction of sp³-hybridized carbons (Fsp3) is 0.214. The van der Waals surface area contributed by atoms with Crippen molar-refractivity contribution in [1.29, 1.82) is 0 Å². The van der Waals surface area contributed by atoms with Crippen molar-refractivity contribution in [2.24, 2.45) is 0 Å². The number of ether oxygens (including phenoxy) is 2. The van der Waals surface area contributed by atoms with Crippen LogP contribution >= 0.6 is 0 Å². The zero-order chi connectivity index (χ0) is 13.0. The van der Waals surface area contributed by atoms with Crippen LogP contribution in [-0.4, -0.2) is 13.1 Å². The molecular weight excluding hydrogens is 216 g/mol. The second-order valence-corrected chi connectivity index (χ2v) is 3.82. The van der Waals surface area contributed by atoms with E-state index < -0.39 is 5.97 Å². The van der Waals surface area contributed by atoms with Crippen molar-refractivity contribution >= 4 is 11.5 Å². The van der Waals surface area contributed by atoms with Crippen LogP contribution in [0.3, 0.4) is 0 Å². The molecule has 0 aliphatic rings. The minimum absolute atomic E-state index is 0.344. The molecule has 0 aliphatic heterocycles. The van der Waals surface area contributed by atoms with E-state index in [-0.39, 0.29) is 0 Å². The summed E-state index contributed by atoms with van der Waals surface area (Å²) in [5, 5.41) is 0. The van der Waals surface area contributed by atoms with Crippen LogP contribution in [0.1, 0.15) is 19.4 Å². The Morgan fingerprint density at radius 3 is 2.29 bits per heavy atom. The van der Waals surface area contributed by atoms with Crippen molar-refractivity contribution in [2.75, 3.05) is 7.11 Å². The summed E-state index contributed by atoms with van der Waals surface area (Å²) in [6.07, 6.45) is 0. The number of carbonyl (C=O) groups is 1. The highest BCUT2D eigenvalue weighted by molar-refractivity contribution is 5.89. The molecule has 0 saturated heterocycles. The van der Waals surface area contributed by atoms with E-state index in [0.29, 0.717) is 17.1 Å². The summed E-state index contributed by atoms with van der Waals surface area (Å²) in [5.41, 5.74) is 2.20. The SMILES string of the molecule is C=C(C)C(=O)Oc1ccc(C(=C)C)cc1OC. The molecule has 0 radical (unpaired) electrons. The van der Waals surface area contributed by atoms with Gasteiger partial charge in [0.15, 0.2) is 11.5 Å². The molecule has 0 saturated carbocycles. The first-order chi connectivity index (χ1) is 7.95. The summed E-state index contributed by atoms with van der Waals surface area (Å²) in [5.74, 6) is 0.414. The van der Waals surface area contributed by atoms with E-state index >= 15 is 0 Å². The minimum Gasteiger partial charge on any atom is -0.493 e.